The number of pyridine rings is 1. The number of hydrogen-bond acceptors (Lipinski definition) is 6. The van der Waals surface area contributed by atoms with E-state index in [1.165, 1.54) is 17.9 Å². The lowest BCUT2D eigenvalue weighted by molar-refractivity contribution is -0.137. The highest BCUT2D eigenvalue weighted by molar-refractivity contribution is 7.89. The van der Waals surface area contributed by atoms with Crippen LogP contribution in [0.5, 0.6) is 0 Å². The van der Waals surface area contributed by atoms with Gasteiger partial charge in [0.15, 0.2) is 0 Å². The van der Waals surface area contributed by atoms with E-state index in [2.05, 4.69) is 20.4 Å². The van der Waals surface area contributed by atoms with E-state index in [1.807, 2.05) is 0 Å². The van der Waals surface area contributed by atoms with Crippen LogP contribution in [-0.2, 0) is 23.2 Å². The Morgan fingerprint density at radius 1 is 1.13 bits per heavy atom. The molecule has 1 atom stereocenters. The molecule has 3 heterocycles. The lowest BCUT2D eigenvalue weighted by Crippen LogP contribution is -2.26. The van der Waals surface area contributed by atoms with Crippen molar-refractivity contribution in [3.8, 4) is 0 Å². The van der Waals surface area contributed by atoms with Gasteiger partial charge >= 0.3 is 6.18 Å². The maximum Gasteiger partial charge on any atom is 0.416 e. The molecular weight excluding hydrogens is 421 g/mol. The van der Waals surface area contributed by atoms with Crippen LogP contribution in [0.3, 0.4) is 0 Å². The molecule has 0 aliphatic carbocycles. The fraction of sp³-hybridized carbons (Fsp3) is 0.222. The minimum absolute atomic E-state index is 0.0458. The molecule has 0 amide bonds. The Hall–Kier alpha value is -3.28. The van der Waals surface area contributed by atoms with Gasteiger partial charge in [0.25, 0.3) is 10.0 Å². The molecule has 1 aromatic carbocycles. The molecule has 3 aromatic rings. The van der Waals surface area contributed by atoms with Gasteiger partial charge in [-0.15, -0.1) is 5.10 Å². The molecule has 1 aliphatic heterocycles. The Morgan fingerprint density at radius 2 is 1.87 bits per heavy atom. The summed E-state index contributed by atoms with van der Waals surface area (Å²) in [6.07, 6.45) is -2.31. The molecule has 0 saturated carbocycles. The van der Waals surface area contributed by atoms with Crippen LogP contribution in [-0.4, -0.2) is 45.1 Å². The van der Waals surface area contributed by atoms with Crippen LogP contribution in [0.2, 0.25) is 0 Å². The average molecular weight is 436 g/mol. The largest absolute Gasteiger partial charge is 0.416 e. The van der Waals surface area contributed by atoms with E-state index in [4.69, 9.17) is 0 Å². The molecule has 8 nitrogen and oxygen atoms in total. The summed E-state index contributed by atoms with van der Waals surface area (Å²) in [5, 5.41) is 11.1. The number of nitrogens with zero attached hydrogens (tertiary/aromatic N) is 6. The van der Waals surface area contributed by atoms with Gasteiger partial charge in [-0.25, -0.2) is 0 Å². The molecule has 0 bridgehead atoms. The molecule has 1 aliphatic rings. The number of benzene rings is 1. The number of sulfonamides is 1. The number of hydrazone groups is 1. The number of rotatable bonds is 4. The summed E-state index contributed by atoms with van der Waals surface area (Å²) < 4.78 is 67.4. The van der Waals surface area contributed by atoms with Crippen LogP contribution >= 0.6 is 0 Å². The second kappa shape index (κ2) is 7.20. The predicted molar refractivity (Wildman–Crippen MR) is 99.9 cm³/mol. The Morgan fingerprint density at radius 3 is 2.50 bits per heavy atom. The molecule has 1 unspecified atom stereocenters. The summed E-state index contributed by atoms with van der Waals surface area (Å²) in [7, 11) is -2.62. The van der Waals surface area contributed by atoms with Gasteiger partial charge in [0.05, 0.1) is 35.6 Å². The van der Waals surface area contributed by atoms with Crippen LogP contribution < -0.4 is 0 Å². The van der Waals surface area contributed by atoms with Crippen molar-refractivity contribution in [3.63, 3.8) is 0 Å². The Bertz CT molecular complexity index is 1210. The molecular formula is C18H15F3N6O2S. The van der Waals surface area contributed by atoms with E-state index in [-0.39, 0.29) is 23.0 Å². The van der Waals surface area contributed by atoms with E-state index in [9.17, 15) is 21.6 Å². The van der Waals surface area contributed by atoms with E-state index >= 15 is 0 Å². The van der Waals surface area contributed by atoms with E-state index in [0.717, 1.165) is 22.7 Å². The van der Waals surface area contributed by atoms with Gasteiger partial charge in [0.2, 0.25) is 5.03 Å². The first-order valence-corrected chi connectivity index (χ1v) is 10.2. The molecule has 0 fully saturated rings. The van der Waals surface area contributed by atoms with Crippen molar-refractivity contribution < 1.29 is 21.6 Å². The number of aromatic nitrogens is 4. The first kappa shape index (κ1) is 20.0. The monoisotopic (exact) mass is 436 g/mol. The molecule has 0 saturated heterocycles. The van der Waals surface area contributed by atoms with Crippen LogP contribution in [0.25, 0.3) is 0 Å². The van der Waals surface area contributed by atoms with E-state index < -0.39 is 27.7 Å². The molecule has 0 spiro atoms. The Balaban J connectivity index is 1.81. The van der Waals surface area contributed by atoms with Gasteiger partial charge in [-0.05, 0) is 17.7 Å². The third kappa shape index (κ3) is 3.65. The van der Waals surface area contributed by atoms with Crippen LogP contribution in [0.4, 0.5) is 13.2 Å². The third-order valence-corrected chi connectivity index (χ3v) is 6.06. The van der Waals surface area contributed by atoms with Gasteiger partial charge in [0, 0.05) is 13.2 Å². The average Bonchev–Trinajstić information content (AvgIpc) is 3.36. The van der Waals surface area contributed by atoms with Crippen molar-refractivity contribution >= 4 is 15.7 Å². The molecule has 2 aromatic heterocycles. The fourth-order valence-electron chi connectivity index (χ4n) is 3.10. The van der Waals surface area contributed by atoms with Gasteiger partial charge in [-0.3, -0.25) is 9.67 Å². The second-order valence-corrected chi connectivity index (χ2v) is 8.41. The molecule has 30 heavy (non-hydrogen) atoms. The molecule has 0 radical (unpaired) electrons. The van der Waals surface area contributed by atoms with Gasteiger partial charge in [-0.2, -0.15) is 31.1 Å². The van der Waals surface area contributed by atoms with Gasteiger partial charge in [-0.1, -0.05) is 35.5 Å². The molecule has 0 N–H and O–H groups in total. The summed E-state index contributed by atoms with van der Waals surface area (Å²) >= 11 is 0. The molecule has 156 valence electrons. The minimum atomic E-state index is -4.56. The van der Waals surface area contributed by atoms with Crippen LogP contribution in [0, 0.1) is 0 Å². The summed E-state index contributed by atoms with van der Waals surface area (Å²) in [6, 6.07) is 10.5. The van der Waals surface area contributed by atoms with Crippen molar-refractivity contribution in [1.82, 2.24) is 24.4 Å². The molecule has 4 rings (SSSR count). The van der Waals surface area contributed by atoms with Crippen molar-refractivity contribution in [2.45, 2.75) is 17.1 Å². The fourth-order valence-corrected chi connectivity index (χ4v) is 4.28. The highest BCUT2D eigenvalue weighted by atomic mass is 32.2. The second-order valence-electron chi connectivity index (χ2n) is 6.62. The van der Waals surface area contributed by atoms with E-state index in [0.29, 0.717) is 5.56 Å². The zero-order chi connectivity index (χ0) is 21.5. The maximum absolute atomic E-state index is 13.2. The van der Waals surface area contributed by atoms with Crippen molar-refractivity contribution in [3.05, 3.63) is 71.7 Å². The standard InChI is InChI=1S/C18H15F3N6O2S/c1-26-11-16(23-25-26)30(28,29)27-10-14(12-5-3-2-4-6-12)17(24-27)15-9-13(7-8-22-15)18(19,20)21/h2-9,11,14H,10H2,1H3. The summed E-state index contributed by atoms with van der Waals surface area (Å²) in [5.41, 5.74) is -0.111. The number of aryl methyl sites for hydroxylation is 1. The lowest BCUT2D eigenvalue weighted by Gasteiger charge is -2.15. The van der Waals surface area contributed by atoms with Crippen molar-refractivity contribution in [2.75, 3.05) is 6.54 Å². The van der Waals surface area contributed by atoms with Gasteiger partial charge < -0.3 is 0 Å². The SMILES string of the molecule is Cn1cc(S(=O)(=O)N2CC(c3ccccc3)C(c3cc(C(F)(F)F)ccn3)=N2)nn1. The quantitative estimate of drug-likeness (QED) is 0.626. The third-order valence-electron chi connectivity index (χ3n) is 4.56. The maximum atomic E-state index is 13.2. The normalized spacial score (nSPS) is 17.3. The molecule has 12 heteroatoms. The lowest BCUT2D eigenvalue weighted by atomic mass is 9.92. The van der Waals surface area contributed by atoms with Crippen LogP contribution in [0.15, 0.2) is 65.0 Å². The summed E-state index contributed by atoms with van der Waals surface area (Å²) in [6.45, 7) is -0.101. The first-order chi connectivity index (χ1) is 14.2. The first-order valence-electron chi connectivity index (χ1n) is 8.72. The minimum Gasteiger partial charge on any atom is -0.255 e. The van der Waals surface area contributed by atoms with Crippen LogP contribution in [0.1, 0.15) is 22.7 Å². The van der Waals surface area contributed by atoms with E-state index in [1.54, 1.807) is 30.3 Å². The van der Waals surface area contributed by atoms with Gasteiger partial charge in [0.1, 0.15) is 0 Å². The Kier molecular flexibility index (Phi) is 4.80. The van der Waals surface area contributed by atoms with Crippen molar-refractivity contribution in [1.29, 1.82) is 0 Å². The highest BCUT2D eigenvalue weighted by Gasteiger charge is 2.39. The summed E-state index contributed by atoms with van der Waals surface area (Å²) in [4.78, 5) is 4.02. The number of halogens is 3. The summed E-state index contributed by atoms with van der Waals surface area (Å²) in [5.74, 6) is -0.603. The number of hydrogen-bond donors (Lipinski definition) is 0. The number of alkyl halides is 3. The zero-order valence-corrected chi connectivity index (χ0v) is 16.3. The predicted octanol–water partition coefficient (Wildman–Crippen LogP) is 2.42. The smallest absolute Gasteiger partial charge is 0.255 e. The zero-order valence-electron chi connectivity index (χ0n) is 15.5. The Labute approximate surface area is 169 Å². The van der Waals surface area contributed by atoms with Crippen molar-refractivity contribution in [2.24, 2.45) is 12.1 Å². The topological polar surface area (TPSA) is 93.3 Å². The highest BCUT2D eigenvalue weighted by Crippen LogP contribution is 2.34.